The molecule has 17 heavy (non-hydrogen) atoms. The molecule has 1 rings (SSSR count). The highest BCUT2D eigenvalue weighted by Gasteiger charge is 2.22. The van der Waals surface area contributed by atoms with Crippen molar-refractivity contribution in [2.45, 2.75) is 4.90 Å². The molecule has 0 amide bonds. The summed E-state index contributed by atoms with van der Waals surface area (Å²) in [6, 6.07) is 2.23. The Bertz CT molecular complexity index is 578. The molecule has 0 radical (unpaired) electrons. The van der Waals surface area contributed by atoms with E-state index in [1.54, 1.807) is 0 Å². The van der Waals surface area contributed by atoms with Gasteiger partial charge in [0, 0.05) is 0 Å². The third-order valence-corrected chi connectivity index (χ3v) is 4.63. The Labute approximate surface area is 108 Å². The number of hydrogen-bond acceptors (Lipinski definition) is 3. The molecule has 0 bridgehead atoms. The molecule has 1 aromatic rings. The van der Waals surface area contributed by atoms with Crippen LogP contribution in [0.3, 0.4) is 0 Å². The molecule has 0 aromatic heterocycles. The molecule has 4 nitrogen and oxygen atoms in total. The van der Waals surface area contributed by atoms with Gasteiger partial charge in [-0.05, 0) is 12.1 Å². The Hall–Kier alpha value is -1.04. The van der Waals surface area contributed by atoms with Crippen molar-refractivity contribution >= 4 is 39.0 Å². The summed E-state index contributed by atoms with van der Waals surface area (Å²) in [5.74, 6) is -1.57. The van der Waals surface area contributed by atoms with Gasteiger partial charge in [0.2, 0.25) is 0 Å². The number of benzene rings is 1. The third-order valence-electron chi connectivity index (χ3n) is 1.95. The molecule has 0 unspecified atom stereocenters. The SMILES string of the molecule is C=CCS(=O)(=O)c1ccc(C(=O)O)c(Cl)c1Cl. The fourth-order valence-corrected chi connectivity index (χ4v) is 3.14. The van der Waals surface area contributed by atoms with Crippen LogP contribution in [0, 0.1) is 0 Å². The summed E-state index contributed by atoms with van der Waals surface area (Å²) in [6.07, 6.45) is 1.21. The van der Waals surface area contributed by atoms with E-state index in [9.17, 15) is 13.2 Å². The van der Waals surface area contributed by atoms with Crippen LogP contribution in [0.2, 0.25) is 10.0 Å². The average molecular weight is 295 g/mol. The molecule has 1 aromatic carbocycles. The largest absolute Gasteiger partial charge is 0.478 e. The zero-order valence-electron chi connectivity index (χ0n) is 8.48. The summed E-state index contributed by atoms with van der Waals surface area (Å²) in [5.41, 5.74) is -0.241. The van der Waals surface area contributed by atoms with Crippen molar-refractivity contribution in [1.29, 1.82) is 0 Å². The minimum Gasteiger partial charge on any atom is -0.478 e. The maximum atomic E-state index is 11.7. The molecule has 0 fully saturated rings. The number of hydrogen-bond donors (Lipinski definition) is 1. The Kier molecular flexibility index (Phi) is 4.19. The zero-order chi connectivity index (χ0) is 13.2. The van der Waals surface area contributed by atoms with Gasteiger partial charge >= 0.3 is 5.97 Å². The lowest BCUT2D eigenvalue weighted by molar-refractivity contribution is 0.0697. The van der Waals surface area contributed by atoms with Crippen LogP contribution in [0.25, 0.3) is 0 Å². The van der Waals surface area contributed by atoms with Gasteiger partial charge in [0.1, 0.15) is 0 Å². The molecule has 0 spiro atoms. The van der Waals surface area contributed by atoms with Crippen LogP contribution < -0.4 is 0 Å². The molecule has 0 saturated heterocycles. The fourth-order valence-electron chi connectivity index (χ4n) is 1.18. The van der Waals surface area contributed by atoms with Crippen LogP contribution in [0.5, 0.6) is 0 Å². The minimum atomic E-state index is -3.63. The molecular formula is C10H8Cl2O4S. The lowest BCUT2D eigenvalue weighted by Crippen LogP contribution is -2.07. The van der Waals surface area contributed by atoms with Crippen molar-refractivity contribution in [2.75, 3.05) is 5.75 Å². The number of rotatable bonds is 4. The molecule has 0 saturated carbocycles. The smallest absolute Gasteiger partial charge is 0.337 e. The van der Waals surface area contributed by atoms with Crippen LogP contribution in [0.15, 0.2) is 29.7 Å². The van der Waals surface area contributed by atoms with E-state index in [-0.39, 0.29) is 26.3 Å². The normalized spacial score (nSPS) is 11.2. The fraction of sp³-hybridized carbons (Fsp3) is 0.100. The van der Waals surface area contributed by atoms with Gasteiger partial charge in [-0.3, -0.25) is 0 Å². The lowest BCUT2D eigenvalue weighted by Gasteiger charge is -2.07. The molecule has 0 aliphatic carbocycles. The van der Waals surface area contributed by atoms with E-state index in [4.69, 9.17) is 28.3 Å². The van der Waals surface area contributed by atoms with Gasteiger partial charge in [0.15, 0.2) is 9.84 Å². The Morgan fingerprint density at radius 1 is 1.35 bits per heavy atom. The second kappa shape index (κ2) is 5.08. The first-order chi connectivity index (χ1) is 7.81. The molecule has 0 heterocycles. The van der Waals surface area contributed by atoms with Crippen LogP contribution in [0.4, 0.5) is 0 Å². The predicted octanol–water partition coefficient (Wildman–Crippen LogP) is 2.65. The van der Waals surface area contributed by atoms with Crippen molar-refractivity contribution < 1.29 is 18.3 Å². The second-order valence-electron chi connectivity index (χ2n) is 3.11. The standard InChI is InChI=1S/C10H8Cl2O4S/c1-2-5-17(15,16)7-4-3-6(10(13)14)8(11)9(7)12/h2-4H,1,5H2,(H,13,14). The molecule has 0 atom stereocenters. The first kappa shape index (κ1) is 14.0. The van der Waals surface area contributed by atoms with E-state index in [2.05, 4.69) is 6.58 Å². The monoisotopic (exact) mass is 294 g/mol. The van der Waals surface area contributed by atoms with Crippen LogP contribution in [-0.2, 0) is 9.84 Å². The number of halogens is 2. The van der Waals surface area contributed by atoms with Gasteiger partial charge < -0.3 is 5.11 Å². The van der Waals surface area contributed by atoms with Gasteiger partial charge in [-0.25, -0.2) is 13.2 Å². The highest BCUT2D eigenvalue weighted by molar-refractivity contribution is 7.91. The number of sulfone groups is 1. The minimum absolute atomic E-state index is 0.200. The third kappa shape index (κ3) is 2.80. The van der Waals surface area contributed by atoms with Crippen LogP contribution >= 0.6 is 23.2 Å². The highest BCUT2D eigenvalue weighted by Crippen LogP contribution is 2.32. The number of aromatic carboxylic acids is 1. The predicted molar refractivity (Wildman–Crippen MR) is 65.7 cm³/mol. The van der Waals surface area contributed by atoms with E-state index in [1.165, 1.54) is 6.08 Å². The number of carboxylic acid groups (broad SMARTS) is 1. The topological polar surface area (TPSA) is 71.4 Å². The van der Waals surface area contributed by atoms with Crippen molar-refractivity contribution in [2.24, 2.45) is 0 Å². The Morgan fingerprint density at radius 2 is 1.94 bits per heavy atom. The zero-order valence-corrected chi connectivity index (χ0v) is 10.8. The van der Waals surface area contributed by atoms with Crippen LogP contribution in [0.1, 0.15) is 10.4 Å². The van der Waals surface area contributed by atoms with E-state index < -0.39 is 15.8 Å². The maximum absolute atomic E-state index is 11.7. The second-order valence-corrected chi connectivity index (χ2v) is 5.87. The van der Waals surface area contributed by atoms with Gasteiger partial charge in [-0.15, -0.1) is 6.58 Å². The van der Waals surface area contributed by atoms with Crippen molar-refractivity contribution in [3.8, 4) is 0 Å². The molecular weight excluding hydrogens is 287 g/mol. The van der Waals surface area contributed by atoms with E-state index in [0.717, 1.165) is 12.1 Å². The van der Waals surface area contributed by atoms with Crippen LogP contribution in [-0.4, -0.2) is 25.2 Å². The summed E-state index contributed by atoms with van der Waals surface area (Å²) in [7, 11) is -3.63. The quantitative estimate of drug-likeness (QED) is 0.867. The highest BCUT2D eigenvalue weighted by atomic mass is 35.5. The van der Waals surface area contributed by atoms with Gasteiger partial charge in [-0.1, -0.05) is 29.3 Å². The average Bonchev–Trinajstić information content (AvgIpc) is 2.20. The van der Waals surface area contributed by atoms with Crippen molar-refractivity contribution in [1.82, 2.24) is 0 Å². The van der Waals surface area contributed by atoms with Gasteiger partial charge in [-0.2, -0.15) is 0 Å². The lowest BCUT2D eigenvalue weighted by atomic mass is 10.2. The van der Waals surface area contributed by atoms with E-state index >= 15 is 0 Å². The first-order valence-corrected chi connectivity index (χ1v) is 6.77. The van der Waals surface area contributed by atoms with Crippen molar-refractivity contribution in [3.05, 3.63) is 40.4 Å². The molecule has 0 aliphatic heterocycles. The molecule has 1 N–H and O–H groups in total. The van der Waals surface area contributed by atoms with E-state index in [0.29, 0.717) is 0 Å². The Balaban J connectivity index is 3.46. The summed E-state index contributed by atoms with van der Waals surface area (Å²) in [6.45, 7) is 3.32. The molecule has 7 heteroatoms. The maximum Gasteiger partial charge on any atom is 0.337 e. The summed E-state index contributed by atoms with van der Waals surface area (Å²) in [4.78, 5) is 10.6. The first-order valence-electron chi connectivity index (χ1n) is 4.36. The summed E-state index contributed by atoms with van der Waals surface area (Å²) >= 11 is 11.5. The number of carboxylic acids is 1. The summed E-state index contributed by atoms with van der Waals surface area (Å²) in [5, 5.41) is 8.21. The van der Waals surface area contributed by atoms with E-state index in [1.807, 2.05) is 0 Å². The molecule has 92 valence electrons. The number of carbonyl (C=O) groups is 1. The Morgan fingerprint density at radius 3 is 2.41 bits per heavy atom. The van der Waals surface area contributed by atoms with Gasteiger partial charge in [0.05, 0.1) is 26.3 Å². The van der Waals surface area contributed by atoms with Crippen molar-refractivity contribution in [3.63, 3.8) is 0 Å². The molecule has 0 aliphatic rings. The summed E-state index contributed by atoms with van der Waals surface area (Å²) < 4.78 is 23.4. The van der Waals surface area contributed by atoms with Gasteiger partial charge in [0.25, 0.3) is 0 Å².